The quantitative estimate of drug-likeness (QED) is 0.519. The van der Waals surface area contributed by atoms with Gasteiger partial charge in [-0.3, -0.25) is 24.9 Å². The number of hydrogen-bond donors (Lipinski definition) is 1. The van der Waals surface area contributed by atoms with E-state index in [1.54, 1.807) is 16.8 Å². The highest BCUT2D eigenvalue weighted by Crippen LogP contribution is 2.15. The molecule has 26 heavy (non-hydrogen) atoms. The standard InChI is InChI=1S/C15H14ClN7O3/c1-10-13(23(25)26)7-21(19-10)8-14(24)18-15-17-9-22(20-15)6-11-2-4-12(16)5-3-11/h2-5,7,9H,6,8H2,1H3,(H,18,20,24). The fourth-order valence-corrected chi connectivity index (χ4v) is 2.41. The molecule has 0 fully saturated rings. The van der Waals surface area contributed by atoms with E-state index < -0.39 is 10.8 Å². The number of nitro groups is 1. The van der Waals surface area contributed by atoms with Gasteiger partial charge in [-0.2, -0.15) is 5.10 Å². The molecule has 0 unspecified atom stereocenters. The van der Waals surface area contributed by atoms with Crippen molar-refractivity contribution in [1.29, 1.82) is 0 Å². The number of hydrogen-bond acceptors (Lipinski definition) is 6. The van der Waals surface area contributed by atoms with E-state index in [-0.39, 0.29) is 23.9 Å². The van der Waals surface area contributed by atoms with E-state index in [2.05, 4.69) is 20.5 Å². The highest BCUT2D eigenvalue weighted by molar-refractivity contribution is 6.30. The molecule has 1 aromatic carbocycles. The van der Waals surface area contributed by atoms with Crippen molar-refractivity contribution in [2.45, 2.75) is 20.0 Å². The van der Waals surface area contributed by atoms with Crippen molar-refractivity contribution in [3.63, 3.8) is 0 Å². The molecule has 2 aromatic heterocycles. The number of rotatable bonds is 6. The number of carbonyl (C=O) groups excluding carboxylic acids is 1. The van der Waals surface area contributed by atoms with Gasteiger partial charge in [0.2, 0.25) is 11.9 Å². The third-order valence-corrected chi connectivity index (χ3v) is 3.72. The van der Waals surface area contributed by atoms with Gasteiger partial charge in [0.05, 0.1) is 11.5 Å². The maximum Gasteiger partial charge on any atom is 0.309 e. The first-order valence-corrected chi connectivity index (χ1v) is 7.90. The van der Waals surface area contributed by atoms with Crippen LogP contribution < -0.4 is 5.32 Å². The molecule has 0 aliphatic heterocycles. The van der Waals surface area contributed by atoms with Crippen LogP contribution in [0.1, 0.15) is 11.3 Å². The summed E-state index contributed by atoms with van der Waals surface area (Å²) < 4.78 is 2.77. The minimum absolute atomic E-state index is 0.136. The van der Waals surface area contributed by atoms with Gasteiger partial charge in [-0.25, -0.2) is 9.67 Å². The maximum atomic E-state index is 12.0. The van der Waals surface area contributed by atoms with Gasteiger partial charge in [0, 0.05) is 5.02 Å². The maximum absolute atomic E-state index is 12.0. The third-order valence-electron chi connectivity index (χ3n) is 3.47. The van der Waals surface area contributed by atoms with Gasteiger partial charge in [0.25, 0.3) is 0 Å². The molecule has 10 nitrogen and oxygen atoms in total. The van der Waals surface area contributed by atoms with Gasteiger partial charge in [0.15, 0.2) is 0 Å². The zero-order chi connectivity index (χ0) is 18.7. The summed E-state index contributed by atoms with van der Waals surface area (Å²) in [4.78, 5) is 26.3. The lowest BCUT2D eigenvalue weighted by atomic mass is 10.2. The van der Waals surface area contributed by atoms with Gasteiger partial charge >= 0.3 is 5.69 Å². The predicted octanol–water partition coefficient (Wildman–Crippen LogP) is 2.03. The average Bonchev–Trinajstić information content (AvgIpc) is 3.16. The lowest BCUT2D eigenvalue weighted by Crippen LogP contribution is -2.20. The van der Waals surface area contributed by atoms with Crippen LogP contribution in [-0.4, -0.2) is 35.4 Å². The molecule has 0 aliphatic rings. The van der Waals surface area contributed by atoms with Crippen molar-refractivity contribution in [1.82, 2.24) is 24.5 Å². The second kappa shape index (κ2) is 7.31. The number of aromatic nitrogens is 5. The van der Waals surface area contributed by atoms with E-state index in [1.165, 1.54) is 24.1 Å². The van der Waals surface area contributed by atoms with Crippen molar-refractivity contribution >= 4 is 29.1 Å². The van der Waals surface area contributed by atoms with Crippen LogP contribution in [0, 0.1) is 17.0 Å². The fourth-order valence-electron chi connectivity index (χ4n) is 2.28. The number of halogens is 1. The van der Waals surface area contributed by atoms with Crippen LogP contribution in [0.3, 0.4) is 0 Å². The monoisotopic (exact) mass is 375 g/mol. The Balaban J connectivity index is 1.60. The number of nitrogens with one attached hydrogen (secondary N) is 1. The number of benzene rings is 1. The zero-order valence-electron chi connectivity index (χ0n) is 13.7. The van der Waals surface area contributed by atoms with Gasteiger partial charge in [-0.1, -0.05) is 23.7 Å². The summed E-state index contributed by atoms with van der Waals surface area (Å²) in [6.07, 6.45) is 2.70. The summed E-state index contributed by atoms with van der Waals surface area (Å²) in [5.74, 6) is -0.297. The minimum Gasteiger partial charge on any atom is -0.292 e. The molecular formula is C15H14ClN7O3. The van der Waals surface area contributed by atoms with Gasteiger partial charge in [-0.15, -0.1) is 5.10 Å². The van der Waals surface area contributed by atoms with Gasteiger partial charge in [0.1, 0.15) is 24.8 Å². The van der Waals surface area contributed by atoms with Crippen LogP contribution in [0.15, 0.2) is 36.8 Å². The molecule has 0 bridgehead atoms. The second-order valence-electron chi connectivity index (χ2n) is 5.49. The predicted molar refractivity (Wildman–Crippen MR) is 92.8 cm³/mol. The Kier molecular flexibility index (Phi) is 4.94. The zero-order valence-corrected chi connectivity index (χ0v) is 14.4. The Hall–Kier alpha value is -3.27. The molecule has 0 spiro atoms. The van der Waals surface area contributed by atoms with Crippen molar-refractivity contribution < 1.29 is 9.72 Å². The molecule has 3 aromatic rings. The molecule has 3 rings (SSSR count). The lowest BCUT2D eigenvalue weighted by Gasteiger charge is -2.02. The van der Waals surface area contributed by atoms with Crippen molar-refractivity contribution in [2.75, 3.05) is 5.32 Å². The summed E-state index contributed by atoms with van der Waals surface area (Å²) in [6, 6.07) is 7.30. The summed E-state index contributed by atoms with van der Waals surface area (Å²) in [7, 11) is 0. The fraction of sp³-hybridized carbons (Fsp3) is 0.200. The van der Waals surface area contributed by atoms with E-state index in [1.807, 2.05) is 12.1 Å². The Bertz CT molecular complexity index is 949. The minimum atomic E-state index is -0.545. The summed E-state index contributed by atoms with van der Waals surface area (Å²) in [5.41, 5.74) is 1.09. The Morgan fingerprint density at radius 3 is 2.65 bits per heavy atom. The molecule has 0 radical (unpaired) electrons. The van der Waals surface area contributed by atoms with Crippen LogP contribution in [-0.2, 0) is 17.9 Å². The van der Waals surface area contributed by atoms with Crippen LogP contribution in [0.2, 0.25) is 5.02 Å². The first-order chi connectivity index (χ1) is 12.4. The van der Waals surface area contributed by atoms with Crippen molar-refractivity contribution in [2.24, 2.45) is 0 Å². The van der Waals surface area contributed by atoms with Crippen molar-refractivity contribution in [3.05, 3.63) is 63.2 Å². The summed E-state index contributed by atoms with van der Waals surface area (Å²) >= 11 is 5.84. The smallest absolute Gasteiger partial charge is 0.292 e. The molecule has 11 heteroatoms. The molecule has 0 saturated heterocycles. The molecule has 0 atom stereocenters. The molecular weight excluding hydrogens is 362 g/mol. The average molecular weight is 376 g/mol. The highest BCUT2D eigenvalue weighted by atomic mass is 35.5. The van der Waals surface area contributed by atoms with E-state index in [4.69, 9.17) is 11.6 Å². The van der Waals surface area contributed by atoms with E-state index in [9.17, 15) is 14.9 Å². The Labute approximate surface area is 152 Å². The normalized spacial score (nSPS) is 10.7. The van der Waals surface area contributed by atoms with E-state index in [0.29, 0.717) is 11.6 Å². The molecule has 0 aliphatic carbocycles. The molecule has 1 amide bonds. The SMILES string of the molecule is Cc1nn(CC(=O)Nc2ncn(Cc3ccc(Cl)cc3)n2)cc1[N+](=O)[O-]. The topological polar surface area (TPSA) is 121 Å². The number of aryl methyl sites for hydroxylation is 1. The van der Waals surface area contributed by atoms with E-state index >= 15 is 0 Å². The summed E-state index contributed by atoms with van der Waals surface area (Å²) in [5, 5.41) is 22.1. The van der Waals surface area contributed by atoms with Crippen molar-refractivity contribution in [3.8, 4) is 0 Å². The Morgan fingerprint density at radius 1 is 1.27 bits per heavy atom. The third kappa shape index (κ3) is 4.22. The molecule has 2 heterocycles. The largest absolute Gasteiger partial charge is 0.309 e. The number of anilines is 1. The van der Waals surface area contributed by atoms with Crippen LogP contribution in [0.4, 0.5) is 11.6 Å². The van der Waals surface area contributed by atoms with Gasteiger partial charge < -0.3 is 0 Å². The van der Waals surface area contributed by atoms with Crippen LogP contribution in [0.5, 0.6) is 0 Å². The van der Waals surface area contributed by atoms with E-state index in [0.717, 1.165) is 5.56 Å². The van der Waals surface area contributed by atoms with Crippen LogP contribution in [0.25, 0.3) is 0 Å². The summed E-state index contributed by atoms with van der Waals surface area (Å²) in [6.45, 7) is 1.80. The lowest BCUT2D eigenvalue weighted by molar-refractivity contribution is -0.385. The van der Waals surface area contributed by atoms with Gasteiger partial charge in [-0.05, 0) is 24.6 Å². The number of amides is 1. The molecule has 0 saturated carbocycles. The number of carbonyl (C=O) groups is 1. The Morgan fingerprint density at radius 2 is 2.00 bits per heavy atom. The second-order valence-corrected chi connectivity index (χ2v) is 5.93. The van der Waals surface area contributed by atoms with Crippen LogP contribution >= 0.6 is 11.6 Å². The molecule has 134 valence electrons. The molecule has 1 N–H and O–H groups in total. The first-order valence-electron chi connectivity index (χ1n) is 7.53. The number of nitrogens with zero attached hydrogens (tertiary/aromatic N) is 6. The highest BCUT2D eigenvalue weighted by Gasteiger charge is 2.17. The first kappa shape index (κ1) is 17.5.